The van der Waals surface area contributed by atoms with Crippen LogP contribution in [0.15, 0.2) is 95.9 Å². The minimum Gasteiger partial charge on any atom is -0.368 e. The van der Waals surface area contributed by atoms with Gasteiger partial charge in [-0.25, -0.2) is 23.4 Å². The number of aryl methyl sites for hydroxylation is 1. The standard InChI is InChI=1S/C26H21N5O2S/c1-17-11-13-19(14-12-17)34(32,33)31-22-10-6-5-9-20(22)21-15-16-23-25(28-21)24(30-26(27)29-23)18-7-3-2-4-8-18/h2-16,31H,1H3,(H2,27,29,30). The number of hydrogen-bond acceptors (Lipinski definition) is 6. The highest BCUT2D eigenvalue weighted by molar-refractivity contribution is 7.92. The molecule has 3 aromatic carbocycles. The van der Waals surface area contributed by atoms with Gasteiger partial charge in [-0.1, -0.05) is 66.2 Å². The smallest absolute Gasteiger partial charge is 0.261 e. The molecule has 0 saturated carbocycles. The van der Waals surface area contributed by atoms with Gasteiger partial charge in [0.1, 0.15) is 11.2 Å². The van der Waals surface area contributed by atoms with Crippen molar-refractivity contribution in [3.63, 3.8) is 0 Å². The van der Waals surface area contributed by atoms with E-state index < -0.39 is 10.0 Å². The Morgan fingerprint density at radius 1 is 0.765 bits per heavy atom. The number of nitrogen functional groups attached to an aromatic ring is 1. The first-order valence-corrected chi connectivity index (χ1v) is 12.1. The molecule has 2 aromatic heterocycles. The van der Waals surface area contributed by atoms with Crippen molar-refractivity contribution in [2.75, 3.05) is 10.5 Å². The van der Waals surface area contributed by atoms with Crippen LogP contribution in [0.2, 0.25) is 0 Å². The summed E-state index contributed by atoms with van der Waals surface area (Å²) < 4.78 is 28.7. The van der Waals surface area contributed by atoms with E-state index in [2.05, 4.69) is 14.7 Å². The third kappa shape index (κ3) is 4.18. The fourth-order valence-corrected chi connectivity index (χ4v) is 4.78. The Morgan fingerprint density at radius 2 is 1.47 bits per heavy atom. The zero-order valence-electron chi connectivity index (χ0n) is 18.3. The first-order chi connectivity index (χ1) is 16.4. The number of hydrogen-bond donors (Lipinski definition) is 2. The van der Waals surface area contributed by atoms with Crippen molar-refractivity contribution < 1.29 is 8.42 Å². The summed E-state index contributed by atoms with van der Waals surface area (Å²) in [6, 6.07) is 27.1. The molecule has 5 aromatic rings. The van der Waals surface area contributed by atoms with Crippen LogP contribution >= 0.6 is 0 Å². The maximum absolute atomic E-state index is 13.0. The maximum Gasteiger partial charge on any atom is 0.261 e. The van der Waals surface area contributed by atoms with E-state index in [0.717, 1.165) is 11.1 Å². The molecule has 168 valence electrons. The number of para-hydroxylation sites is 1. The summed E-state index contributed by atoms with van der Waals surface area (Å²) in [4.78, 5) is 13.8. The molecule has 0 atom stereocenters. The van der Waals surface area contributed by atoms with Crippen LogP contribution in [0.4, 0.5) is 11.6 Å². The highest BCUT2D eigenvalue weighted by Crippen LogP contribution is 2.32. The molecule has 0 unspecified atom stereocenters. The van der Waals surface area contributed by atoms with Crippen molar-refractivity contribution in [2.24, 2.45) is 0 Å². The van der Waals surface area contributed by atoms with Crippen LogP contribution in [0.1, 0.15) is 5.56 Å². The summed E-state index contributed by atoms with van der Waals surface area (Å²) in [7, 11) is -3.78. The molecule has 7 nitrogen and oxygen atoms in total. The van der Waals surface area contributed by atoms with Crippen LogP contribution in [-0.2, 0) is 10.0 Å². The van der Waals surface area contributed by atoms with E-state index >= 15 is 0 Å². The quantitative estimate of drug-likeness (QED) is 0.374. The number of rotatable bonds is 5. The van der Waals surface area contributed by atoms with E-state index in [1.165, 1.54) is 0 Å². The van der Waals surface area contributed by atoms with Gasteiger partial charge in [-0.2, -0.15) is 0 Å². The fourth-order valence-electron chi connectivity index (χ4n) is 3.70. The first-order valence-electron chi connectivity index (χ1n) is 10.6. The third-order valence-electron chi connectivity index (χ3n) is 5.39. The molecule has 0 aliphatic heterocycles. The van der Waals surface area contributed by atoms with E-state index in [-0.39, 0.29) is 10.8 Å². The van der Waals surface area contributed by atoms with Crippen molar-refractivity contribution in [1.82, 2.24) is 15.0 Å². The lowest BCUT2D eigenvalue weighted by Crippen LogP contribution is -2.13. The maximum atomic E-state index is 13.0. The van der Waals surface area contributed by atoms with Gasteiger partial charge in [-0.15, -0.1) is 0 Å². The number of anilines is 2. The molecule has 3 N–H and O–H groups in total. The molecular weight excluding hydrogens is 446 g/mol. The molecule has 5 rings (SSSR count). The minimum absolute atomic E-state index is 0.159. The fraction of sp³-hybridized carbons (Fsp3) is 0.0385. The first kappa shape index (κ1) is 21.5. The molecular formula is C26H21N5O2S. The topological polar surface area (TPSA) is 111 Å². The summed E-state index contributed by atoms with van der Waals surface area (Å²) in [6.45, 7) is 1.91. The van der Waals surface area contributed by atoms with Crippen LogP contribution in [0.25, 0.3) is 33.5 Å². The van der Waals surface area contributed by atoms with Crippen LogP contribution in [0, 0.1) is 6.92 Å². The van der Waals surface area contributed by atoms with E-state index in [1.807, 2.05) is 55.5 Å². The summed E-state index contributed by atoms with van der Waals surface area (Å²) in [5.74, 6) is 0.159. The lowest BCUT2D eigenvalue weighted by molar-refractivity contribution is 0.601. The molecule has 0 amide bonds. The monoisotopic (exact) mass is 467 g/mol. The molecule has 0 bridgehead atoms. The van der Waals surface area contributed by atoms with Crippen molar-refractivity contribution in [3.05, 3.63) is 96.6 Å². The van der Waals surface area contributed by atoms with Gasteiger partial charge in [0, 0.05) is 11.1 Å². The Hall–Kier alpha value is -4.30. The summed E-state index contributed by atoms with van der Waals surface area (Å²) >= 11 is 0. The number of benzene rings is 3. The average molecular weight is 468 g/mol. The predicted molar refractivity (Wildman–Crippen MR) is 135 cm³/mol. The van der Waals surface area contributed by atoms with Crippen LogP contribution < -0.4 is 10.5 Å². The second-order valence-electron chi connectivity index (χ2n) is 7.82. The van der Waals surface area contributed by atoms with Crippen LogP contribution in [-0.4, -0.2) is 23.4 Å². The lowest BCUT2D eigenvalue weighted by Gasteiger charge is -2.14. The SMILES string of the molecule is Cc1ccc(S(=O)(=O)Nc2ccccc2-c2ccc3nc(N)nc(-c4ccccc4)c3n2)cc1. The highest BCUT2D eigenvalue weighted by atomic mass is 32.2. The van der Waals surface area contributed by atoms with E-state index in [9.17, 15) is 8.42 Å². The molecule has 0 fully saturated rings. The Morgan fingerprint density at radius 3 is 2.24 bits per heavy atom. The average Bonchev–Trinajstić information content (AvgIpc) is 2.84. The summed E-state index contributed by atoms with van der Waals surface area (Å²) in [6.07, 6.45) is 0. The number of aromatic nitrogens is 3. The molecule has 8 heteroatoms. The van der Waals surface area contributed by atoms with Gasteiger partial charge in [-0.05, 0) is 37.3 Å². The van der Waals surface area contributed by atoms with Gasteiger partial charge in [0.2, 0.25) is 5.95 Å². The molecule has 0 aliphatic carbocycles. The highest BCUT2D eigenvalue weighted by Gasteiger charge is 2.18. The number of nitrogens with one attached hydrogen (secondary N) is 1. The van der Waals surface area contributed by atoms with Gasteiger partial charge in [0.15, 0.2) is 0 Å². The number of sulfonamides is 1. The third-order valence-corrected chi connectivity index (χ3v) is 6.77. The van der Waals surface area contributed by atoms with Gasteiger partial charge < -0.3 is 5.73 Å². The summed E-state index contributed by atoms with van der Waals surface area (Å²) in [5, 5.41) is 0. The lowest BCUT2D eigenvalue weighted by atomic mass is 10.1. The van der Waals surface area contributed by atoms with Gasteiger partial charge >= 0.3 is 0 Å². The van der Waals surface area contributed by atoms with Gasteiger partial charge in [-0.3, -0.25) is 4.72 Å². The van der Waals surface area contributed by atoms with Crippen molar-refractivity contribution in [3.8, 4) is 22.5 Å². The largest absolute Gasteiger partial charge is 0.368 e. The molecule has 0 radical (unpaired) electrons. The predicted octanol–water partition coefficient (Wildman–Crippen LogP) is 5.05. The molecule has 34 heavy (non-hydrogen) atoms. The van der Waals surface area contributed by atoms with Crippen molar-refractivity contribution >= 4 is 32.7 Å². The second kappa shape index (κ2) is 8.57. The van der Waals surface area contributed by atoms with Crippen molar-refractivity contribution in [1.29, 1.82) is 0 Å². The van der Waals surface area contributed by atoms with Crippen molar-refractivity contribution in [2.45, 2.75) is 11.8 Å². The van der Waals surface area contributed by atoms with E-state index in [4.69, 9.17) is 10.7 Å². The minimum atomic E-state index is -3.78. The number of nitrogens with zero attached hydrogens (tertiary/aromatic N) is 3. The summed E-state index contributed by atoms with van der Waals surface area (Å²) in [5.41, 5.74) is 11.2. The molecule has 0 saturated heterocycles. The zero-order chi connectivity index (χ0) is 23.7. The number of pyridine rings is 1. The van der Waals surface area contributed by atoms with E-state index in [1.54, 1.807) is 42.5 Å². The van der Waals surface area contributed by atoms with Gasteiger partial charge in [0.05, 0.1) is 21.8 Å². The van der Waals surface area contributed by atoms with Crippen LogP contribution in [0.5, 0.6) is 0 Å². The number of fused-ring (bicyclic) bond motifs is 1. The molecule has 0 spiro atoms. The number of nitrogens with two attached hydrogens (primary N) is 1. The normalized spacial score (nSPS) is 11.4. The Balaban J connectivity index is 1.61. The van der Waals surface area contributed by atoms with Crippen LogP contribution in [0.3, 0.4) is 0 Å². The zero-order valence-corrected chi connectivity index (χ0v) is 19.1. The Kier molecular flexibility index (Phi) is 5.43. The van der Waals surface area contributed by atoms with Gasteiger partial charge in [0.25, 0.3) is 10.0 Å². The second-order valence-corrected chi connectivity index (χ2v) is 9.51. The molecule has 2 heterocycles. The Labute approximate surface area is 197 Å². The molecule has 0 aliphatic rings. The Bertz CT molecular complexity index is 1600. The van der Waals surface area contributed by atoms with E-state index in [0.29, 0.717) is 33.7 Å².